The Morgan fingerprint density at radius 1 is 1.12 bits per heavy atom. The fraction of sp³-hybridized carbons (Fsp3) is 0.125. The van der Waals surface area contributed by atoms with Crippen molar-refractivity contribution in [3.8, 4) is 29.2 Å². The van der Waals surface area contributed by atoms with Gasteiger partial charge in [0.25, 0.3) is 0 Å². The lowest BCUT2D eigenvalue weighted by Gasteiger charge is -2.09. The van der Waals surface area contributed by atoms with Gasteiger partial charge in [-0.3, -0.25) is 0 Å². The summed E-state index contributed by atoms with van der Waals surface area (Å²) in [5, 5.41) is 0. The molecule has 0 atom stereocenters. The highest BCUT2D eigenvalue weighted by Gasteiger charge is 2.05. The molecule has 0 bridgehead atoms. The lowest BCUT2D eigenvalue weighted by molar-refractivity contribution is 0.413. The van der Waals surface area contributed by atoms with E-state index in [1.165, 1.54) is 11.1 Å². The van der Waals surface area contributed by atoms with Gasteiger partial charge in [-0.25, -0.2) is 0 Å². The number of ether oxygens (including phenoxy) is 1. The minimum Gasteiger partial charge on any atom is -0.495 e. The minimum atomic E-state index is 0.741. The first-order chi connectivity index (χ1) is 8.26. The molecule has 2 rings (SSSR count). The number of rotatable bonds is 2. The molecule has 17 heavy (non-hydrogen) atoms. The van der Waals surface area contributed by atoms with Crippen LogP contribution in [-0.2, 0) is 0 Å². The molecule has 1 heteroatoms. The van der Waals surface area contributed by atoms with Crippen molar-refractivity contribution < 1.29 is 4.74 Å². The zero-order chi connectivity index (χ0) is 12.3. The molecule has 0 aliphatic heterocycles. The molecule has 0 heterocycles. The maximum Gasteiger partial charge on any atom is 0.134 e. The van der Waals surface area contributed by atoms with Crippen LogP contribution in [0.15, 0.2) is 42.5 Å². The summed E-state index contributed by atoms with van der Waals surface area (Å²) in [6, 6.07) is 14.2. The molecule has 0 N–H and O–H groups in total. The Labute approximate surface area is 102 Å². The third-order valence-corrected chi connectivity index (χ3v) is 2.81. The van der Waals surface area contributed by atoms with Gasteiger partial charge in [0, 0.05) is 0 Å². The Bertz CT molecular complexity index is 576. The standard InChI is InChI=1S/C16H14O/c1-4-13-11-14(9-10-16(13)17-3)15-8-6-5-7-12(15)2/h1,5-11H,2-3H3. The minimum absolute atomic E-state index is 0.741. The molecule has 0 amide bonds. The lowest BCUT2D eigenvalue weighted by Crippen LogP contribution is -1.89. The van der Waals surface area contributed by atoms with Crippen molar-refractivity contribution >= 4 is 0 Å². The average Bonchev–Trinajstić information content (AvgIpc) is 2.38. The van der Waals surface area contributed by atoms with E-state index in [9.17, 15) is 0 Å². The van der Waals surface area contributed by atoms with Crippen LogP contribution in [0.5, 0.6) is 5.75 Å². The fourth-order valence-electron chi connectivity index (χ4n) is 1.89. The Kier molecular flexibility index (Phi) is 3.16. The van der Waals surface area contributed by atoms with E-state index in [0.29, 0.717) is 0 Å². The van der Waals surface area contributed by atoms with Crippen LogP contribution in [0, 0.1) is 19.3 Å². The maximum atomic E-state index is 5.48. The summed E-state index contributed by atoms with van der Waals surface area (Å²) in [4.78, 5) is 0. The quantitative estimate of drug-likeness (QED) is 0.705. The van der Waals surface area contributed by atoms with Gasteiger partial charge in [-0.2, -0.15) is 0 Å². The molecule has 0 fully saturated rings. The van der Waals surface area contributed by atoms with Gasteiger partial charge in [0.2, 0.25) is 0 Å². The predicted octanol–water partition coefficient (Wildman–Crippen LogP) is 3.65. The average molecular weight is 222 g/mol. The van der Waals surface area contributed by atoms with Crippen molar-refractivity contribution in [1.82, 2.24) is 0 Å². The SMILES string of the molecule is C#Cc1cc(-c2ccccc2C)ccc1OC. The Balaban J connectivity index is 2.55. The smallest absolute Gasteiger partial charge is 0.134 e. The zero-order valence-electron chi connectivity index (χ0n) is 10.0. The summed E-state index contributed by atoms with van der Waals surface area (Å²) in [6.07, 6.45) is 5.48. The number of terminal acetylenes is 1. The summed E-state index contributed by atoms with van der Waals surface area (Å²) in [6.45, 7) is 2.09. The number of aryl methyl sites for hydroxylation is 1. The van der Waals surface area contributed by atoms with Crippen molar-refractivity contribution in [1.29, 1.82) is 0 Å². The van der Waals surface area contributed by atoms with Gasteiger partial charge in [-0.05, 0) is 35.7 Å². The van der Waals surface area contributed by atoms with E-state index >= 15 is 0 Å². The van der Waals surface area contributed by atoms with Gasteiger partial charge < -0.3 is 4.74 Å². The van der Waals surface area contributed by atoms with Gasteiger partial charge in [-0.1, -0.05) is 36.3 Å². The molecule has 0 aliphatic carbocycles. The van der Waals surface area contributed by atoms with E-state index in [0.717, 1.165) is 16.9 Å². The van der Waals surface area contributed by atoms with Crippen LogP contribution in [0.2, 0.25) is 0 Å². The molecule has 0 unspecified atom stereocenters. The second kappa shape index (κ2) is 4.76. The van der Waals surface area contributed by atoms with E-state index < -0.39 is 0 Å². The van der Waals surface area contributed by atoms with Crippen LogP contribution in [0.25, 0.3) is 11.1 Å². The molecular weight excluding hydrogens is 208 g/mol. The predicted molar refractivity (Wildman–Crippen MR) is 71.1 cm³/mol. The first kappa shape index (κ1) is 11.3. The van der Waals surface area contributed by atoms with Gasteiger partial charge in [-0.15, -0.1) is 6.42 Å². The summed E-state index contributed by atoms with van der Waals surface area (Å²) in [5.74, 6) is 3.39. The fourth-order valence-corrected chi connectivity index (χ4v) is 1.89. The molecule has 1 nitrogen and oxygen atoms in total. The van der Waals surface area contributed by atoms with Crippen LogP contribution in [0.4, 0.5) is 0 Å². The van der Waals surface area contributed by atoms with E-state index in [4.69, 9.17) is 11.2 Å². The molecule has 2 aromatic carbocycles. The highest BCUT2D eigenvalue weighted by Crippen LogP contribution is 2.28. The summed E-state index contributed by atoms with van der Waals surface area (Å²) < 4.78 is 5.21. The molecule has 2 aromatic rings. The Morgan fingerprint density at radius 2 is 1.88 bits per heavy atom. The zero-order valence-corrected chi connectivity index (χ0v) is 10.0. The monoisotopic (exact) mass is 222 g/mol. The topological polar surface area (TPSA) is 9.23 Å². The van der Waals surface area contributed by atoms with Crippen LogP contribution in [0.1, 0.15) is 11.1 Å². The molecule has 0 saturated heterocycles. The van der Waals surface area contributed by atoms with E-state index in [-0.39, 0.29) is 0 Å². The summed E-state index contributed by atoms with van der Waals surface area (Å²) in [7, 11) is 1.63. The second-order valence-electron chi connectivity index (χ2n) is 3.87. The number of hydrogen-bond acceptors (Lipinski definition) is 1. The van der Waals surface area contributed by atoms with Gasteiger partial charge in [0.1, 0.15) is 5.75 Å². The second-order valence-corrected chi connectivity index (χ2v) is 3.87. The molecular formula is C16H14O. The highest BCUT2D eigenvalue weighted by molar-refractivity contribution is 5.70. The Morgan fingerprint density at radius 3 is 2.53 bits per heavy atom. The highest BCUT2D eigenvalue weighted by atomic mass is 16.5. The maximum absolute atomic E-state index is 5.48. The van der Waals surface area contributed by atoms with Crippen molar-refractivity contribution in [3.05, 3.63) is 53.6 Å². The van der Waals surface area contributed by atoms with Crippen LogP contribution < -0.4 is 4.74 Å². The van der Waals surface area contributed by atoms with Crippen LogP contribution in [-0.4, -0.2) is 7.11 Å². The van der Waals surface area contributed by atoms with E-state index in [2.05, 4.69) is 25.0 Å². The molecule has 0 spiro atoms. The van der Waals surface area contributed by atoms with Crippen molar-refractivity contribution in [3.63, 3.8) is 0 Å². The van der Waals surface area contributed by atoms with Crippen molar-refractivity contribution in [2.24, 2.45) is 0 Å². The summed E-state index contributed by atoms with van der Waals surface area (Å²) in [5.41, 5.74) is 4.34. The van der Waals surface area contributed by atoms with Gasteiger partial charge in [0.15, 0.2) is 0 Å². The molecule has 0 radical (unpaired) electrons. The third-order valence-electron chi connectivity index (χ3n) is 2.81. The van der Waals surface area contributed by atoms with Gasteiger partial charge in [0.05, 0.1) is 12.7 Å². The van der Waals surface area contributed by atoms with Crippen LogP contribution >= 0.6 is 0 Å². The molecule has 0 aromatic heterocycles. The summed E-state index contributed by atoms with van der Waals surface area (Å²) >= 11 is 0. The van der Waals surface area contributed by atoms with Crippen molar-refractivity contribution in [2.75, 3.05) is 7.11 Å². The van der Waals surface area contributed by atoms with E-state index in [1.807, 2.05) is 30.3 Å². The van der Waals surface area contributed by atoms with Crippen LogP contribution in [0.3, 0.4) is 0 Å². The number of benzene rings is 2. The number of hydrogen-bond donors (Lipinski definition) is 0. The third kappa shape index (κ3) is 2.16. The molecule has 84 valence electrons. The molecule has 0 saturated carbocycles. The normalized spacial score (nSPS) is 9.71. The van der Waals surface area contributed by atoms with E-state index in [1.54, 1.807) is 7.11 Å². The Hall–Kier alpha value is -2.20. The van der Waals surface area contributed by atoms with Crippen molar-refractivity contribution in [2.45, 2.75) is 6.92 Å². The first-order valence-corrected chi connectivity index (χ1v) is 5.47. The largest absolute Gasteiger partial charge is 0.495 e. The molecule has 0 aliphatic rings. The lowest BCUT2D eigenvalue weighted by atomic mass is 9.99. The van der Waals surface area contributed by atoms with Gasteiger partial charge >= 0.3 is 0 Å². The first-order valence-electron chi connectivity index (χ1n) is 5.47. The number of methoxy groups -OCH3 is 1.